The number of carboxylic acids is 1. The summed E-state index contributed by atoms with van der Waals surface area (Å²) in [7, 11) is 0. The Bertz CT molecular complexity index is 202. The summed E-state index contributed by atoms with van der Waals surface area (Å²) in [4.78, 5) is 10.3. The molecule has 15 heavy (non-hydrogen) atoms. The normalized spacial score (nSPS) is 21.5. The minimum absolute atomic E-state index is 0.176. The van der Waals surface area contributed by atoms with Gasteiger partial charge in [0.15, 0.2) is 0 Å². The van der Waals surface area contributed by atoms with Crippen LogP contribution in [0.4, 0.5) is 0 Å². The maximum absolute atomic E-state index is 10.3. The van der Waals surface area contributed by atoms with Crippen molar-refractivity contribution in [2.24, 2.45) is 5.92 Å². The van der Waals surface area contributed by atoms with Crippen LogP contribution in [-0.4, -0.2) is 34.9 Å². The number of aliphatic hydroxyl groups excluding tert-OH is 1. The summed E-state index contributed by atoms with van der Waals surface area (Å²) in [6.45, 7) is 2.49. The van der Waals surface area contributed by atoms with Crippen LogP contribution < -0.4 is 5.32 Å². The van der Waals surface area contributed by atoms with Gasteiger partial charge in [0, 0.05) is 12.6 Å². The lowest BCUT2D eigenvalue weighted by Gasteiger charge is -2.21. The van der Waals surface area contributed by atoms with Crippen molar-refractivity contribution in [1.82, 2.24) is 5.32 Å². The average Bonchev–Trinajstić information content (AvgIpc) is 2.65. The van der Waals surface area contributed by atoms with Crippen molar-refractivity contribution in [3.8, 4) is 0 Å². The number of carboxylic acid groups (broad SMARTS) is 1. The second-order valence-corrected chi connectivity index (χ2v) is 4.49. The van der Waals surface area contributed by atoms with Crippen LogP contribution in [-0.2, 0) is 4.79 Å². The Morgan fingerprint density at radius 1 is 1.47 bits per heavy atom. The smallest absolute Gasteiger partial charge is 0.306 e. The average molecular weight is 215 g/mol. The molecular weight excluding hydrogens is 194 g/mol. The van der Waals surface area contributed by atoms with Crippen molar-refractivity contribution in [2.45, 2.75) is 51.2 Å². The molecule has 3 N–H and O–H groups in total. The Balaban J connectivity index is 2.15. The van der Waals surface area contributed by atoms with E-state index in [1.165, 1.54) is 25.7 Å². The molecule has 0 heterocycles. The predicted octanol–water partition coefficient (Wildman–Crippen LogP) is 0.990. The molecule has 0 aromatic heterocycles. The van der Waals surface area contributed by atoms with E-state index in [0.717, 1.165) is 0 Å². The first-order valence-corrected chi connectivity index (χ1v) is 5.73. The molecule has 1 rings (SSSR count). The van der Waals surface area contributed by atoms with Crippen LogP contribution in [0.2, 0.25) is 0 Å². The third-order valence-electron chi connectivity index (χ3n) is 3.19. The van der Waals surface area contributed by atoms with Gasteiger partial charge < -0.3 is 15.5 Å². The zero-order chi connectivity index (χ0) is 11.3. The summed E-state index contributed by atoms with van der Waals surface area (Å²) in [5.74, 6) is -0.250. The van der Waals surface area contributed by atoms with E-state index < -0.39 is 12.1 Å². The monoisotopic (exact) mass is 215 g/mol. The molecule has 1 aliphatic rings. The second-order valence-electron chi connectivity index (χ2n) is 4.49. The zero-order valence-electron chi connectivity index (χ0n) is 9.28. The molecule has 1 unspecified atom stereocenters. The van der Waals surface area contributed by atoms with E-state index in [0.29, 0.717) is 18.5 Å². The van der Waals surface area contributed by atoms with Gasteiger partial charge in [0.05, 0.1) is 12.5 Å². The van der Waals surface area contributed by atoms with Gasteiger partial charge in [-0.2, -0.15) is 0 Å². The Morgan fingerprint density at radius 3 is 2.60 bits per heavy atom. The number of rotatable bonds is 6. The van der Waals surface area contributed by atoms with E-state index in [-0.39, 0.29) is 6.42 Å². The Morgan fingerprint density at radius 2 is 2.07 bits per heavy atom. The molecule has 0 bridgehead atoms. The molecule has 1 fully saturated rings. The van der Waals surface area contributed by atoms with Crippen molar-refractivity contribution in [3.05, 3.63) is 0 Å². The molecule has 0 saturated heterocycles. The lowest BCUT2D eigenvalue weighted by Crippen LogP contribution is -2.38. The number of aliphatic hydroxyl groups is 1. The third-order valence-corrected chi connectivity index (χ3v) is 3.19. The number of carbonyl (C=O) groups is 1. The highest BCUT2D eigenvalue weighted by Crippen LogP contribution is 2.27. The quantitative estimate of drug-likeness (QED) is 0.618. The molecule has 0 aromatic carbocycles. The van der Waals surface area contributed by atoms with Gasteiger partial charge in [-0.25, -0.2) is 0 Å². The molecule has 0 aromatic rings. The lowest BCUT2D eigenvalue weighted by atomic mass is 9.99. The van der Waals surface area contributed by atoms with E-state index in [1.807, 2.05) is 0 Å². The molecule has 4 nitrogen and oxygen atoms in total. The van der Waals surface area contributed by atoms with Crippen LogP contribution in [0, 0.1) is 5.92 Å². The fraction of sp³-hybridized carbons (Fsp3) is 0.909. The molecule has 0 spiro atoms. The molecule has 88 valence electrons. The maximum Gasteiger partial charge on any atom is 0.306 e. The van der Waals surface area contributed by atoms with Gasteiger partial charge in [-0.3, -0.25) is 4.79 Å². The topological polar surface area (TPSA) is 69.6 Å². The number of hydrogen-bond acceptors (Lipinski definition) is 3. The highest BCUT2D eigenvalue weighted by Gasteiger charge is 2.21. The summed E-state index contributed by atoms with van der Waals surface area (Å²) in [5, 5.41) is 21.1. The summed E-state index contributed by atoms with van der Waals surface area (Å²) in [6.07, 6.45) is 4.16. The minimum atomic E-state index is -0.946. The number of nitrogens with one attached hydrogen (secondary N) is 1. The molecule has 2 atom stereocenters. The van der Waals surface area contributed by atoms with Gasteiger partial charge in [0.2, 0.25) is 0 Å². The van der Waals surface area contributed by atoms with Crippen molar-refractivity contribution in [2.75, 3.05) is 6.54 Å². The summed E-state index contributed by atoms with van der Waals surface area (Å²) in [5.41, 5.74) is 0. The molecule has 0 aliphatic heterocycles. The summed E-state index contributed by atoms with van der Waals surface area (Å²) >= 11 is 0. The van der Waals surface area contributed by atoms with Crippen LogP contribution in [0.1, 0.15) is 39.0 Å². The first kappa shape index (κ1) is 12.5. The Labute approximate surface area is 90.7 Å². The Hall–Kier alpha value is -0.610. The van der Waals surface area contributed by atoms with Crippen LogP contribution in [0.25, 0.3) is 0 Å². The minimum Gasteiger partial charge on any atom is -0.481 e. The van der Waals surface area contributed by atoms with Crippen LogP contribution in [0.15, 0.2) is 0 Å². The highest BCUT2D eigenvalue weighted by atomic mass is 16.4. The van der Waals surface area contributed by atoms with Crippen molar-refractivity contribution < 1.29 is 15.0 Å². The molecule has 1 saturated carbocycles. The third kappa shape index (κ3) is 4.62. The van der Waals surface area contributed by atoms with Crippen LogP contribution in [0.5, 0.6) is 0 Å². The van der Waals surface area contributed by atoms with Gasteiger partial charge in [-0.05, 0) is 25.7 Å². The second kappa shape index (κ2) is 6.08. The Kier molecular flexibility index (Phi) is 5.05. The number of aliphatic carboxylic acids is 1. The maximum atomic E-state index is 10.3. The SMILES string of the molecule is C[C@H](NCC(O)CC(=O)O)C1CCCC1. The molecular formula is C11H21NO3. The van der Waals surface area contributed by atoms with Crippen molar-refractivity contribution in [1.29, 1.82) is 0 Å². The van der Waals surface area contributed by atoms with Gasteiger partial charge in [-0.15, -0.1) is 0 Å². The van der Waals surface area contributed by atoms with Crippen LogP contribution >= 0.6 is 0 Å². The zero-order valence-corrected chi connectivity index (χ0v) is 9.28. The molecule has 4 heteroatoms. The summed E-state index contributed by atoms with van der Waals surface area (Å²) < 4.78 is 0. The fourth-order valence-corrected chi connectivity index (χ4v) is 2.22. The molecule has 1 aliphatic carbocycles. The van der Waals surface area contributed by atoms with Gasteiger partial charge >= 0.3 is 5.97 Å². The van der Waals surface area contributed by atoms with Gasteiger partial charge in [0.1, 0.15) is 0 Å². The van der Waals surface area contributed by atoms with Crippen molar-refractivity contribution in [3.63, 3.8) is 0 Å². The molecule has 0 radical (unpaired) electrons. The lowest BCUT2D eigenvalue weighted by molar-refractivity contribution is -0.139. The molecule has 0 amide bonds. The van der Waals surface area contributed by atoms with E-state index in [9.17, 15) is 9.90 Å². The van der Waals surface area contributed by atoms with E-state index in [2.05, 4.69) is 12.2 Å². The first-order chi connectivity index (χ1) is 7.09. The van der Waals surface area contributed by atoms with E-state index in [4.69, 9.17) is 5.11 Å². The predicted molar refractivity (Wildman–Crippen MR) is 57.7 cm³/mol. The summed E-state index contributed by atoms with van der Waals surface area (Å²) in [6, 6.07) is 0.385. The number of hydrogen-bond donors (Lipinski definition) is 3. The van der Waals surface area contributed by atoms with E-state index in [1.54, 1.807) is 0 Å². The van der Waals surface area contributed by atoms with E-state index >= 15 is 0 Å². The van der Waals surface area contributed by atoms with Crippen LogP contribution in [0.3, 0.4) is 0 Å². The highest BCUT2D eigenvalue weighted by molar-refractivity contribution is 5.67. The van der Waals surface area contributed by atoms with Gasteiger partial charge in [0.25, 0.3) is 0 Å². The first-order valence-electron chi connectivity index (χ1n) is 5.73. The largest absolute Gasteiger partial charge is 0.481 e. The van der Waals surface area contributed by atoms with Crippen molar-refractivity contribution >= 4 is 5.97 Å². The van der Waals surface area contributed by atoms with Gasteiger partial charge in [-0.1, -0.05) is 12.8 Å². The standard InChI is InChI=1S/C11H21NO3/c1-8(9-4-2-3-5-9)12-7-10(13)6-11(14)15/h8-10,12-13H,2-7H2,1H3,(H,14,15)/t8-,10?/m0/s1. The fourth-order valence-electron chi connectivity index (χ4n) is 2.22.